The molecule has 0 spiro atoms. The summed E-state index contributed by atoms with van der Waals surface area (Å²) in [5.41, 5.74) is 7.44. The van der Waals surface area contributed by atoms with Crippen LogP contribution in [0, 0.1) is 5.92 Å². The quantitative estimate of drug-likeness (QED) is 0.374. The molecule has 0 aromatic heterocycles. The maximum Gasteiger partial charge on any atom is 0.173 e. The zero-order chi connectivity index (χ0) is 14.5. The van der Waals surface area contributed by atoms with Gasteiger partial charge in [0.1, 0.15) is 5.75 Å². The molecule has 1 saturated heterocycles. The third-order valence-electron chi connectivity index (χ3n) is 4.00. The molecule has 110 valence electrons. The topological polar surface area (TPSA) is 71.1 Å². The number of nitrogens with two attached hydrogens (primary N) is 1. The second-order valence-electron chi connectivity index (χ2n) is 5.32. The molecule has 1 aromatic rings. The third-order valence-corrected chi connectivity index (χ3v) is 4.00. The predicted molar refractivity (Wildman–Crippen MR) is 79.2 cm³/mol. The van der Waals surface area contributed by atoms with Crippen molar-refractivity contribution in [3.63, 3.8) is 0 Å². The van der Waals surface area contributed by atoms with Crippen molar-refractivity contribution >= 4 is 5.84 Å². The molecule has 2 rings (SSSR count). The highest BCUT2D eigenvalue weighted by molar-refractivity contribution is 5.99. The Bertz CT molecular complexity index is 488. The van der Waals surface area contributed by atoms with E-state index in [0.29, 0.717) is 11.3 Å². The zero-order valence-electron chi connectivity index (χ0n) is 12.2. The second kappa shape index (κ2) is 6.61. The molecule has 1 heterocycles. The normalized spacial score (nSPS) is 20.3. The van der Waals surface area contributed by atoms with Gasteiger partial charge in [0.25, 0.3) is 0 Å². The van der Waals surface area contributed by atoms with E-state index in [2.05, 4.69) is 17.0 Å². The van der Waals surface area contributed by atoms with Gasteiger partial charge in [-0.1, -0.05) is 24.6 Å². The fourth-order valence-electron chi connectivity index (χ4n) is 2.75. The number of hydrogen-bond donors (Lipinski definition) is 2. The highest BCUT2D eigenvalue weighted by Crippen LogP contribution is 2.24. The average Bonchev–Trinajstić information content (AvgIpc) is 2.94. The van der Waals surface area contributed by atoms with E-state index in [1.165, 1.54) is 24.9 Å². The molecule has 0 radical (unpaired) electrons. The lowest BCUT2D eigenvalue weighted by molar-refractivity contribution is 0.314. The van der Waals surface area contributed by atoms with Gasteiger partial charge in [0.15, 0.2) is 5.84 Å². The monoisotopic (exact) mass is 277 g/mol. The minimum absolute atomic E-state index is 0.0700. The highest BCUT2D eigenvalue weighted by atomic mass is 16.5. The number of oxime groups is 1. The van der Waals surface area contributed by atoms with Crippen LogP contribution in [0.4, 0.5) is 0 Å². The second-order valence-corrected chi connectivity index (χ2v) is 5.32. The summed E-state index contributed by atoms with van der Waals surface area (Å²) in [5, 5.41) is 11.8. The minimum Gasteiger partial charge on any atom is -0.496 e. The maximum atomic E-state index is 8.76. The fraction of sp³-hybridized carbons (Fsp3) is 0.533. The van der Waals surface area contributed by atoms with E-state index < -0.39 is 0 Å². The lowest BCUT2D eigenvalue weighted by Gasteiger charge is -2.17. The Hall–Kier alpha value is -1.75. The van der Waals surface area contributed by atoms with Crippen molar-refractivity contribution < 1.29 is 9.94 Å². The van der Waals surface area contributed by atoms with E-state index in [4.69, 9.17) is 15.7 Å². The number of benzene rings is 1. The molecule has 20 heavy (non-hydrogen) atoms. The van der Waals surface area contributed by atoms with Gasteiger partial charge in [0.2, 0.25) is 0 Å². The molecule has 1 aliphatic heterocycles. The van der Waals surface area contributed by atoms with Crippen molar-refractivity contribution in [1.82, 2.24) is 4.90 Å². The molecule has 5 nitrogen and oxygen atoms in total. The molecule has 0 bridgehead atoms. The van der Waals surface area contributed by atoms with Crippen LogP contribution < -0.4 is 10.5 Å². The Morgan fingerprint density at radius 3 is 2.95 bits per heavy atom. The van der Waals surface area contributed by atoms with E-state index in [1.807, 2.05) is 18.2 Å². The molecule has 3 N–H and O–H groups in total. The smallest absolute Gasteiger partial charge is 0.173 e. The minimum atomic E-state index is 0.0700. The molecule has 1 aromatic carbocycles. The van der Waals surface area contributed by atoms with Crippen molar-refractivity contribution in [2.45, 2.75) is 26.3 Å². The Morgan fingerprint density at radius 1 is 1.55 bits per heavy atom. The summed E-state index contributed by atoms with van der Waals surface area (Å²) in [6.45, 7) is 5.50. The number of amidine groups is 1. The molecular formula is C15H23N3O2. The van der Waals surface area contributed by atoms with Crippen molar-refractivity contribution in [1.29, 1.82) is 0 Å². The first-order valence-corrected chi connectivity index (χ1v) is 7.05. The van der Waals surface area contributed by atoms with Gasteiger partial charge in [0.05, 0.1) is 12.7 Å². The summed E-state index contributed by atoms with van der Waals surface area (Å²) >= 11 is 0. The van der Waals surface area contributed by atoms with Gasteiger partial charge >= 0.3 is 0 Å². The van der Waals surface area contributed by atoms with Crippen molar-refractivity contribution in [3.8, 4) is 5.75 Å². The Labute approximate surface area is 120 Å². The van der Waals surface area contributed by atoms with Crippen LogP contribution in [0.2, 0.25) is 0 Å². The molecule has 0 amide bonds. The van der Waals surface area contributed by atoms with Gasteiger partial charge in [-0.05, 0) is 36.6 Å². The van der Waals surface area contributed by atoms with Crippen molar-refractivity contribution in [2.24, 2.45) is 16.8 Å². The van der Waals surface area contributed by atoms with Crippen LogP contribution in [0.3, 0.4) is 0 Å². The number of nitrogens with zero attached hydrogens (tertiary/aromatic N) is 2. The predicted octanol–water partition coefficient (Wildman–Crippen LogP) is 2.02. The van der Waals surface area contributed by atoms with Crippen LogP contribution in [0.1, 0.15) is 30.9 Å². The molecular weight excluding hydrogens is 254 g/mol. The van der Waals surface area contributed by atoms with Crippen LogP contribution in [-0.4, -0.2) is 36.1 Å². The fourth-order valence-corrected chi connectivity index (χ4v) is 2.75. The van der Waals surface area contributed by atoms with Gasteiger partial charge in [0, 0.05) is 13.1 Å². The Kier molecular flexibility index (Phi) is 4.84. The van der Waals surface area contributed by atoms with E-state index in [9.17, 15) is 0 Å². The van der Waals surface area contributed by atoms with E-state index >= 15 is 0 Å². The zero-order valence-corrected chi connectivity index (χ0v) is 12.2. The summed E-state index contributed by atoms with van der Waals surface area (Å²) in [5.74, 6) is 1.54. The van der Waals surface area contributed by atoms with Gasteiger partial charge in [-0.25, -0.2) is 0 Å². The van der Waals surface area contributed by atoms with E-state index in [0.717, 1.165) is 19.0 Å². The maximum absolute atomic E-state index is 8.76. The first-order valence-electron chi connectivity index (χ1n) is 7.05. The summed E-state index contributed by atoms with van der Waals surface area (Å²) in [6.07, 6.45) is 2.54. The Balaban J connectivity index is 2.10. The summed E-state index contributed by atoms with van der Waals surface area (Å²) in [7, 11) is 1.59. The van der Waals surface area contributed by atoms with Crippen LogP contribution in [0.5, 0.6) is 5.75 Å². The SMILES string of the molecule is CCC1CCN(Cc2ccc(/C(N)=N/O)c(OC)c2)C1. The molecule has 0 saturated carbocycles. The van der Waals surface area contributed by atoms with Crippen molar-refractivity contribution in [2.75, 3.05) is 20.2 Å². The summed E-state index contributed by atoms with van der Waals surface area (Å²) in [6, 6.07) is 5.82. The lowest BCUT2D eigenvalue weighted by Crippen LogP contribution is -2.20. The van der Waals surface area contributed by atoms with E-state index in [-0.39, 0.29) is 5.84 Å². The van der Waals surface area contributed by atoms with Crippen LogP contribution in [-0.2, 0) is 6.54 Å². The molecule has 1 atom stereocenters. The lowest BCUT2D eigenvalue weighted by atomic mass is 10.1. The standard InChI is InChI=1S/C15H23N3O2/c1-3-11-6-7-18(9-11)10-12-4-5-13(15(16)17-19)14(8-12)20-2/h4-5,8,11,19H,3,6-7,9-10H2,1-2H3,(H2,16,17). The van der Waals surface area contributed by atoms with Crippen LogP contribution in [0.25, 0.3) is 0 Å². The molecule has 1 fully saturated rings. The molecule has 1 unspecified atom stereocenters. The number of likely N-dealkylation sites (tertiary alicyclic amines) is 1. The van der Waals surface area contributed by atoms with E-state index in [1.54, 1.807) is 7.11 Å². The summed E-state index contributed by atoms with van der Waals surface area (Å²) in [4.78, 5) is 2.46. The third kappa shape index (κ3) is 3.22. The van der Waals surface area contributed by atoms with Crippen LogP contribution in [0.15, 0.2) is 23.4 Å². The molecule has 5 heteroatoms. The number of ether oxygens (including phenoxy) is 1. The largest absolute Gasteiger partial charge is 0.496 e. The number of hydrogen-bond acceptors (Lipinski definition) is 4. The van der Waals surface area contributed by atoms with Crippen LogP contribution >= 0.6 is 0 Å². The van der Waals surface area contributed by atoms with Gasteiger partial charge < -0.3 is 15.7 Å². The summed E-state index contributed by atoms with van der Waals surface area (Å²) < 4.78 is 5.33. The first kappa shape index (κ1) is 14.7. The highest BCUT2D eigenvalue weighted by Gasteiger charge is 2.21. The number of rotatable bonds is 5. The van der Waals surface area contributed by atoms with Crippen molar-refractivity contribution in [3.05, 3.63) is 29.3 Å². The molecule has 1 aliphatic rings. The average molecular weight is 277 g/mol. The van der Waals surface area contributed by atoms with Gasteiger partial charge in [-0.2, -0.15) is 0 Å². The first-order chi connectivity index (χ1) is 9.67. The van der Waals surface area contributed by atoms with Gasteiger partial charge in [-0.3, -0.25) is 4.90 Å². The van der Waals surface area contributed by atoms with Gasteiger partial charge in [-0.15, -0.1) is 0 Å². The molecule has 0 aliphatic carbocycles. The Morgan fingerprint density at radius 2 is 2.35 bits per heavy atom. The number of methoxy groups -OCH3 is 1.